The lowest BCUT2D eigenvalue weighted by molar-refractivity contribution is 0.414. The maximum absolute atomic E-state index is 5.47. The number of hydrogen-bond acceptors (Lipinski definition) is 4. The fraction of sp³-hybridized carbons (Fsp3) is 0.226. The molecule has 0 aliphatic heterocycles. The van der Waals surface area contributed by atoms with Crippen molar-refractivity contribution in [3.05, 3.63) is 125 Å². The zero-order chi connectivity index (χ0) is 24.7. The van der Waals surface area contributed by atoms with Crippen LogP contribution in [-0.2, 0) is 16.9 Å². The van der Waals surface area contributed by atoms with Gasteiger partial charge in [-0.25, -0.2) is 0 Å². The predicted octanol–water partition coefficient (Wildman–Crippen LogP) is 7.50. The number of rotatable bonds is 10. The van der Waals surface area contributed by atoms with E-state index in [0.717, 1.165) is 29.4 Å². The molecular formula is C31H32O3S. The van der Waals surface area contributed by atoms with Crippen LogP contribution in [0.4, 0.5) is 0 Å². The molecular weight excluding hydrogens is 452 g/mol. The summed E-state index contributed by atoms with van der Waals surface area (Å²) in [5.74, 6) is 3.38. The molecule has 4 aromatic rings. The van der Waals surface area contributed by atoms with Crippen LogP contribution >= 0.6 is 11.8 Å². The highest BCUT2D eigenvalue weighted by Gasteiger charge is 2.37. The number of benzene rings is 4. The topological polar surface area (TPSA) is 27.7 Å². The zero-order valence-electron chi connectivity index (χ0n) is 20.8. The van der Waals surface area contributed by atoms with E-state index in [9.17, 15) is 0 Å². The van der Waals surface area contributed by atoms with Gasteiger partial charge in [-0.1, -0.05) is 67.6 Å². The Morgan fingerprint density at radius 3 is 1.17 bits per heavy atom. The Morgan fingerprint density at radius 2 is 0.857 bits per heavy atom. The van der Waals surface area contributed by atoms with Crippen LogP contribution in [0, 0.1) is 0 Å². The first kappa shape index (κ1) is 24.7. The average molecular weight is 485 g/mol. The van der Waals surface area contributed by atoms with Crippen molar-refractivity contribution in [2.24, 2.45) is 0 Å². The lowest BCUT2D eigenvalue weighted by atomic mass is 9.84. The fourth-order valence-electron chi connectivity index (χ4n) is 4.29. The Kier molecular flexibility index (Phi) is 8.04. The first-order valence-electron chi connectivity index (χ1n) is 11.8. The highest BCUT2D eigenvalue weighted by molar-refractivity contribution is 7.99. The van der Waals surface area contributed by atoms with E-state index in [0.29, 0.717) is 0 Å². The van der Waals surface area contributed by atoms with Gasteiger partial charge in [-0.3, -0.25) is 0 Å². The maximum atomic E-state index is 5.47. The second-order valence-electron chi connectivity index (χ2n) is 8.33. The summed E-state index contributed by atoms with van der Waals surface area (Å²) >= 11 is 1.91. The van der Waals surface area contributed by atoms with Gasteiger partial charge < -0.3 is 14.2 Å². The summed E-state index contributed by atoms with van der Waals surface area (Å²) in [6.45, 7) is 2.19. The molecule has 0 spiro atoms. The van der Waals surface area contributed by atoms with Crippen molar-refractivity contribution >= 4 is 11.8 Å². The molecule has 180 valence electrons. The monoisotopic (exact) mass is 484 g/mol. The largest absolute Gasteiger partial charge is 0.497 e. The number of thioether (sulfide) groups is 1. The lowest BCUT2D eigenvalue weighted by Crippen LogP contribution is -2.26. The smallest absolute Gasteiger partial charge is 0.118 e. The van der Waals surface area contributed by atoms with Gasteiger partial charge >= 0.3 is 0 Å². The summed E-state index contributed by atoms with van der Waals surface area (Å²) < 4.78 is 15.9. The fourth-order valence-corrected chi connectivity index (χ4v) is 5.77. The molecule has 0 aromatic heterocycles. The van der Waals surface area contributed by atoms with Crippen LogP contribution < -0.4 is 14.2 Å². The lowest BCUT2D eigenvalue weighted by Gasteiger charge is -2.36. The minimum atomic E-state index is -0.450. The van der Waals surface area contributed by atoms with Crippen molar-refractivity contribution in [1.82, 2.24) is 0 Å². The minimum absolute atomic E-state index is 0.450. The molecule has 0 radical (unpaired) electrons. The molecule has 35 heavy (non-hydrogen) atoms. The molecule has 0 bridgehead atoms. The van der Waals surface area contributed by atoms with Gasteiger partial charge in [0.05, 0.1) is 26.1 Å². The van der Waals surface area contributed by atoms with Gasteiger partial charge in [0.2, 0.25) is 0 Å². The standard InChI is InChI=1S/C31H32O3S/c1-5-23-6-8-24(9-7-23)22-35-31(25-10-16-28(32-2)17-11-25,26-12-18-29(33-3)19-13-26)27-14-20-30(34-4)21-15-27/h6-21H,5,22H2,1-4H3. The zero-order valence-corrected chi connectivity index (χ0v) is 21.6. The molecule has 0 amide bonds. The van der Waals surface area contributed by atoms with Gasteiger partial charge in [0.15, 0.2) is 0 Å². The van der Waals surface area contributed by atoms with Crippen molar-refractivity contribution in [2.75, 3.05) is 21.3 Å². The predicted molar refractivity (Wildman–Crippen MR) is 146 cm³/mol. The minimum Gasteiger partial charge on any atom is -0.497 e. The molecule has 0 atom stereocenters. The molecule has 0 unspecified atom stereocenters. The summed E-state index contributed by atoms with van der Waals surface area (Å²) in [5, 5.41) is 0. The second-order valence-corrected chi connectivity index (χ2v) is 9.52. The van der Waals surface area contributed by atoms with E-state index >= 15 is 0 Å². The molecule has 0 saturated heterocycles. The van der Waals surface area contributed by atoms with Crippen LogP contribution in [0.1, 0.15) is 34.7 Å². The third kappa shape index (κ3) is 5.33. The molecule has 4 rings (SSSR count). The molecule has 0 N–H and O–H groups in total. The van der Waals surface area contributed by atoms with Crippen molar-refractivity contribution in [3.63, 3.8) is 0 Å². The Labute approximate surface area is 213 Å². The second kappa shape index (κ2) is 11.4. The summed E-state index contributed by atoms with van der Waals surface area (Å²) in [5.41, 5.74) is 6.20. The van der Waals surface area contributed by atoms with Crippen molar-refractivity contribution in [3.8, 4) is 17.2 Å². The van der Waals surface area contributed by atoms with Crippen molar-refractivity contribution in [2.45, 2.75) is 23.8 Å². The Bertz CT molecular complexity index is 1080. The molecule has 0 aliphatic carbocycles. The molecule has 4 aromatic carbocycles. The van der Waals surface area contributed by atoms with Gasteiger partial charge in [-0.2, -0.15) is 0 Å². The van der Waals surface area contributed by atoms with Gasteiger partial charge in [-0.05, 0) is 70.6 Å². The maximum Gasteiger partial charge on any atom is 0.118 e. The SMILES string of the molecule is CCc1ccc(CSC(c2ccc(OC)cc2)(c2ccc(OC)cc2)c2ccc(OC)cc2)cc1. The number of ether oxygens (including phenoxy) is 3. The van der Waals surface area contributed by atoms with Crippen LogP contribution in [0.3, 0.4) is 0 Å². The Balaban J connectivity index is 1.87. The third-order valence-corrected chi connectivity index (χ3v) is 7.99. The average Bonchev–Trinajstić information content (AvgIpc) is 2.94. The van der Waals surface area contributed by atoms with Gasteiger partial charge in [-0.15, -0.1) is 11.8 Å². The molecule has 0 heterocycles. The number of aryl methyl sites for hydroxylation is 1. The van der Waals surface area contributed by atoms with Crippen LogP contribution in [0.15, 0.2) is 97.1 Å². The Morgan fingerprint density at radius 1 is 0.514 bits per heavy atom. The van der Waals surface area contributed by atoms with Gasteiger partial charge in [0.1, 0.15) is 17.2 Å². The Hall–Kier alpha value is -3.37. The number of hydrogen-bond donors (Lipinski definition) is 0. The normalized spacial score (nSPS) is 11.2. The van der Waals surface area contributed by atoms with Crippen LogP contribution in [0.5, 0.6) is 17.2 Å². The van der Waals surface area contributed by atoms with Crippen molar-refractivity contribution in [1.29, 1.82) is 0 Å². The molecule has 0 fully saturated rings. The van der Waals surface area contributed by atoms with E-state index < -0.39 is 4.75 Å². The molecule has 3 nitrogen and oxygen atoms in total. The van der Waals surface area contributed by atoms with Gasteiger partial charge in [0, 0.05) is 5.75 Å². The molecule has 0 aliphatic rings. The first-order valence-corrected chi connectivity index (χ1v) is 12.8. The summed E-state index contributed by atoms with van der Waals surface area (Å²) in [4.78, 5) is 0. The van der Waals surface area contributed by atoms with Crippen LogP contribution in [0.2, 0.25) is 0 Å². The third-order valence-electron chi connectivity index (χ3n) is 6.38. The first-order chi connectivity index (χ1) is 17.1. The summed E-state index contributed by atoms with van der Waals surface area (Å²) in [7, 11) is 5.09. The van der Waals surface area contributed by atoms with E-state index in [-0.39, 0.29) is 0 Å². The highest BCUT2D eigenvalue weighted by Crippen LogP contribution is 2.50. The van der Waals surface area contributed by atoms with E-state index in [2.05, 4.69) is 67.6 Å². The highest BCUT2D eigenvalue weighted by atomic mass is 32.2. The quantitative estimate of drug-likeness (QED) is 0.218. The summed E-state index contributed by atoms with van der Waals surface area (Å²) in [6, 6.07) is 34.2. The van der Waals surface area contributed by atoms with Crippen LogP contribution in [0.25, 0.3) is 0 Å². The van der Waals surface area contributed by atoms with E-state index in [1.165, 1.54) is 27.8 Å². The van der Waals surface area contributed by atoms with E-state index in [1.54, 1.807) is 21.3 Å². The van der Waals surface area contributed by atoms with Crippen LogP contribution in [-0.4, -0.2) is 21.3 Å². The van der Waals surface area contributed by atoms with E-state index in [1.807, 2.05) is 48.2 Å². The molecule has 0 saturated carbocycles. The number of methoxy groups -OCH3 is 3. The summed E-state index contributed by atoms with van der Waals surface area (Å²) in [6.07, 6.45) is 1.04. The van der Waals surface area contributed by atoms with Crippen molar-refractivity contribution < 1.29 is 14.2 Å². The molecule has 4 heteroatoms. The van der Waals surface area contributed by atoms with Gasteiger partial charge in [0.25, 0.3) is 0 Å². The van der Waals surface area contributed by atoms with E-state index in [4.69, 9.17) is 14.2 Å².